The largest absolute Gasteiger partial charge is 0.506 e. The van der Waals surface area contributed by atoms with E-state index in [1.54, 1.807) is 38.3 Å². The summed E-state index contributed by atoms with van der Waals surface area (Å²) in [4.78, 5) is 29.7. The lowest BCUT2D eigenvalue weighted by Crippen LogP contribution is -2.05. The number of carbonyl (C=O) groups excluding carboxylic acids is 2. The van der Waals surface area contributed by atoms with Crippen LogP contribution in [0.5, 0.6) is 5.75 Å². The van der Waals surface area contributed by atoms with Crippen molar-refractivity contribution in [2.45, 2.75) is 6.92 Å². The second kappa shape index (κ2) is 8.57. The SMILES string of the molecule is CCOC(=O)c1c(-c2ccc(OC)cc2)csc1N=CC1=C(O)c2ccccc2C1=O. The molecule has 0 atom stereocenters. The summed E-state index contributed by atoms with van der Waals surface area (Å²) in [6.45, 7) is 1.96. The third-order valence-corrected chi connectivity index (χ3v) is 5.78. The molecule has 0 radical (unpaired) electrons. The molecule has 3 aromatic rings. The first kappa shape index (κ1) is 20.6. The van der Waals surface area contributed by atoms with Gasteiger partial charge in [-0.15, -0.1) is 11.3 Å². The molecule has 0 saturated carbocycles. The van der Waals surface area contributed by atoms with Crippen LogP contribution in [0.3, 0.4) is 0 Å². The molecule has 1 aliphatic carbocycles. The Hall–Kier alpha value is -3.71. The maximum atomic E-state index is 12.7. The van der Waals surface area contributed by atoms with Crippen molar-refractivity contribution in [1.82, 2.24) is 0 Å². The fourth-order valence-corrected chi connectivity index (χ4v) is 4.26. The standard InChI is InChI=1S/C24H19NO5S/c1-3-30-24(28)20-19(14-8-10-15(29-2)11-9-14)13-31-23(20)25-12-18-21(26)16-6-4-5-7-17(16)22(18)27/h4-13,26H,3H2,1-2H3. The maximum absolute atomic E-state index is 12.7. The number of carbonyl (C=O) groups is 2. The lowest BCUT2D eigenvalue weighted by Gasteiger charge is -2.06. The van der Waals surface area contributed by atoms with Gasteiger partial charge >= 0.3 is 5.97 Å². The van der Waals surface area contributed by atoms with Crippen LogP contribution < -0.4 is 4.74 Å². The van der Waals surface area contributed by atoms with Crippen LogP contribution >= 0.6 is 11.3 Å². The molecular weight excluding hydrogens is 414 g/mol. The number of ketones is 1. The van der Waals surface area contributed by atoms with Gasteiger partial charge in [0.2, 0.25) is 0 Å². The minimum Gasteiger partial charge on any atom is -0.506 e. The Morgan fingerprint density at radius 2 is 1.81 bits per heavy atom. The van der Waals surface area contributed by atoms with Gasteiger partial charge in [-0.25, -0.2) is 9.79 Å². The molecule has 7 heteroatoms. The van der Waals surface area contributed by atoms with Crippen LogP contribution in [-0.2, 0) is 4.74 Å². The second-order valence-electron chi connectivity index (χ2n) is 6.67. The normalized spacial score (nSPS) is 13.0. The number of aliphatic imine (C=N–C) groups is 1. The lowest BCUT2D eigenvalue weighted by atomic mass is 10.0. The third-order valence-electron chi connectivity index (χ3n) is 4.89. The Morgan fingerprint density at radius 3 is 2.45 bits per heavy atom. The number of allylic oxidation sites excluding steroid dienone is 1. The zero-order valence-corrected chi connectivity index (χ0v) is 17.7. The number of fused-ring (bicyclic) bond motifs is 1. The third kappa shape index (κ3) is 3.75. The molecule has 1 N–H and O–H groups in total. The highest BCUT2D eigenvalue weighted by Crippen LogP contribution is 2.39. The molecule has 2 aromatic carbocycles. The van der Waals surface area contributed by atoms with Crippen LogP contribution in [0.1, 0.15) is 33.2 Å². The Balaban J connectivity index is 1.73. The Kier molecular flexibility index (Phi) is 5.68. The van der Waals surface area contributed by atoms with Gasteiger partial charge in [-0.2, -0.15) is 0 Å². The summed E-state index contributed by atoms with van der Waals surface area (Å²) in [6.07, 6.45) is 1.31. The van der Waals surface area contributed by atoms with E-state index in [-0.39, 0.29) is 23.7 Å². The van der Waals surface area contributed by atoms with E-state index in [0.717, 1.165) is 5.56 Å². The Labute approximate surface area is 183 Å². The van der Waals surface area contributed by atoms with E-state index in [9.17, 15) is 14.7 Å². The molecule has 6 nitrogen and oxygen atoms in total. The van der Waals surface area contributed by atoms with E-state index in [4.69, 9.17) is 9.47 Å². The fourth-order valence-electron chi connectivity index (χ4n) is 3.35. The average molecular weight is 433 g/mol. The summed E-state index contributed by atoms with van der Waals surface area (Å²) >= 11 is 1.26. The number of methoxy groups -OCH3 is 1. The topological polar surface area (TPSA) is 85.2 Å². The van der Waals surface area contributed by atoms with Gasteiger partial charge in [-0.1, -0.05) is 36.4 Å². The van der Waals surface area contributed by atoms with Crippen molar-refractivity contribution in [2.75, 3.05) is 13.7 Å². The number of aliphatic hydroxyl groups excluding tert-OH is 1. The van der Waals surface area contributed by atoms with Crippen LogP contribution in [0.2, 0.25) is 0 Å². The molecule has 0 unspecified atom stereocenters. The number of hydrogen-bond acceptors (Lipinski definition) is 7. The van der Waals surface area contributed by atoms with Gasteiger partial charge in [0.05, 0.1) is 19.3 Å². The Morgan fingerprint density at radius 1 is 1.10 bits per heavy atom. The molecule has 0 saturated heterocycles. The van der Waals surface area contributed by atoms with Crippen molar-refractivity contribution in [3.05, 3.63) is 76.2 Å². The van der Waals surface area contributed by atoms with Crippen molar-refractivity contribution in [2.24, 2.45) is 4.99 Å². The van der Waals surface area contributed by atoms with E-state index in [1.807, 2.05) is 29.6 Å². The van der Waals surface area contributed by atoms with E-state index >= 15 is 0 Å². The second-order valence-corrected chi connectivity index (χ2v) is 7.53. The zero-order chi connectivity index (χ0) is 22.0. The first-order valence-electron chi connectivity index (χ1n) is 9.59. The molecular formula is C24H19NO5S. The summed E-state index contributed by atoms with van der Waals surface area (Å²) in [6, 6.07) is 14.1. The summed E-state index contributed by atoms with van der Waals surface area (Å²) in [5.74, 6) is -0.215. The molecule has 31 heavy (non-hydrogen) atoms. The van der Waals surface area contributed by atoms with Gasteiger partial charge in [0, 0.05) is 28.3 Å². The molecule has 156 valence electrons. The number of thiophene rings is 1. The van der Waals surface area contributed by atoms with Crippen LogP contribution in [-0.4, -0.2) is 36.8 Å². The monoisotopic (exact) mass is 433 g/mol. The molecule has 1 aromatic heterocycles. The minimum atomic E-state index is -0.499. The highest BCUT2D eigenvalue weighted by Gasteiger charge is 2.28. The van der Waals surface area contributed by atoms with Gasteiger partial charge in [0.25, 0.3) is 0 Å². The summed E-state index contributed by atoms with van der Waals surface area (Å²) in [5.41, 5.74) is 2.80. The highest BCUT2D eigenvalue weighted by atomic mass is 32.1. The van der Waals surface area contributed by atoms with Crippen LogP contribution in [0, 0.1) is 0 Å². The van der Waals surface area contributed by atoms with Crippen molar-refractivity contribution in [3.8, 4) is 16.9 Å². The average Bonchev–Trinajstić information content (AvgIpc) is 3.32. The number of esters is 1. The number of ether oxygens (including phenoxy) is 2. The quantitative estimate of drug-likeness (QED) is 0.412. The van der Waals surface area contributed by atoms with Gasteiger partial charge < -0.3 is 14.6 Å². The summed E-state index contributed by atoms with van der Waals surface area (Å²) in [7, 11) is 1.59. The van der Waals surface area contributed by atoms with Gasteiger partial charge in [-0.05, 0) is 24.6 Å². The summed E-state index contributed by atoms with van der Waals surface area (Å²) < 4.78 is 10.4. The first-order valence-corrected chi connectivity index (χ1v) is 10.5. The van der Waals surface area contributed by atoms with Gasteiger partial charge in [0.1, 0.15) is 22.1 Å². The smallest absolute Gasteiger partial charge is 0.341 e. The van der Waals surface area contributed by atoms with E-state index in [2.05, 4.69) is 4.99 Å². The molecule has 1 aliphatic rings. The van der Waals surface area contributed by atoms with Crippen molar-refractivity contribution in [3.63, 3.8) is 0 Å². The molecule has 0 aliphatic heterocycles. The molecule has 0 amide bonds. The van der Waals surface area contributed by atoms with Crippen LogP contribution in [0.4, 0.5) is 5.00 Å². The molecule has 4 rings (SSSR count). The predicted molar refractivity (Wildman–Crippen MR) is 121 cm³/mol. The number of aliphatic hydroxyl groups is 1. The lowest BCUT2D eigenvalue weighted by molar-refractivity contribution is 0.0528. The van der Waals surface area contributed by atoms with E-state index < -0.39 is 5.97 Å². The minimum absolute atomic E-state index is 0.0930. The van der Waals surface area contributed by atoms with Crippen molar-refractivity contribution < 1.29 is 24.2 Å². The van der Waals surface area contributed by atoms with Gasteiger partial charge in [0.15, 0.2) is 5.78 Å². The fraction of sp³-hybridized carbons (Fsp3) is 0.125. The van der Waals surface area contributed by atoms with Crippen LogP contribution in [0.25, 0.3) is 16.9 Å². The van der Waals surface area contributed by atoms with E-state index in [0.29, 0.717) is 33.0 Å². The number of hydrogen-bond donors (Lipinski definition) is 1. The van der Waals surface area contributed by atoms with Crippen molar-refractivity contribution >= 4 is 40.1 Å². The molecule has 0 spiro atoms. The van der Waals surface area contributed by atoms with Crippen molar-refractivity contribution in [1.29, 1.82) is 0 Å². The van der Waals surface area contributed by atoms with E-state index in [1.165, 1.54) is 17.6 Å². The highest BCUT2D eigenvalue weighted by molar-refractivity contribution is 7.14. The number of benzene rings is 2. The molecule has 0 fully saturated rings. The predicted octanol–water partition coefficient (Wildman–Crippen LogP) is 5.47. The maximum Gasteiger partial charge on any atom is 0.341 e. The van der Waals surface area contributed by atoms with Gasteiger partial charge in [-0.3, -0.25) is 4.79 Å². The Bertz CT molecular complexity index is 1220. The van der Waals surface area contributed by atoms with Crippen LogP contribution in [0.15, 0.2) is 64.5 Å². The number of Topliss-reactive ketones (excluding diaryl/α,β-unsaturated/α-hetero) is 1. The first-order chi connectivity index (χ1) is 15.0. The summed E-state index contributed by atoms with van der Waals surface area (Å²) in [5, 5.41) is 12.7. The number of nitrogens with zero attached hydrogens (tertiary/aromatic N) is 1. The zero-order valence-electron chi connectivity index (χ0n) is 16.9. The number of rotatable bonds is 6. The molecule has 1 heterocycles. The molecule has 0 bridgehead atoms.